The van der Waals surface area contributed by atoms with Gasteiger partial charge >= 0.3 is 0 Å². The largest absolute Gasteiger partial charge is 0.457 e. The summed E-state index contributed by atoms with van der Waals surface area (Å²) in [6, 6.07) is 9.06. The van der Waals surface area contributed by atoms with Crippen molar-refractivity contribution in [3.8, 4) is 11.5 Å². The summed E-state index contributed by atoms with van der Waals surface area (Å²) in [6.07, 6.45) is 0. The molecule has 3 N–H and O–H groups in total. The number of hydrogen-bond donors (Lipinski definition) is 2. The Kier molecular flexibility index (Phi) is 5.88. The molecule has 2 aromatic carbocycles. The second kappa shape index (κ2) is 7.63. The van der Waals surface area contributed by atoms with Gasteiger partial charge in [-0.15, -0.1) is 0 Å². The summed E-state index contributed by atoms with van der Waals surface area (Å²) < 4.78 is 43.6. The van der Waals surface area contributed by atoms with Crippen LogP contribution in [-0.2, 0) is 14.8 Å². The van der Waals surface area contributed by atoms with Crippen LogP contribution in [-0.4, -0.2) is 30.0 Å². The van der Waals surface area contributed by atoms with Gasteiger partial charge in [0.15, 0.2) is 0 Å². The van der Waals surface area contributed by atoms with Gasteiger partial charge in [0.2, 0.25) is 5.91 Å². The van der Waals surface area contributed by atoms with E-state index in [0.29, 0.717) is 11.5 Å². The van der Waals surface area contributed by atoms with Gasteiger partial charge in [0, 0.05) is 0 Å². The summed E-state index contributed by atoms with van der Waals surface area (Å²) >= 11 is 0. The molecule has 2 aromatic rings. The lowest BCUT2D eigenvalue weighted by Crippen LogP contribution is -2.52. The zero-order chi connectivity index (χ0) is 20.4. The van der Waals surface area contributed by atoms with E-state index in [-0.39, 0.29) is 9.36 Å². The Morgan fingerprint density at radius 3 is 1.93 bits per heavy atom. The number of carbonyl (C=O) groups is 1. The van der Waals surface area contributed by atoms with E-state index in [4.69, 9.17) is 10.5 Å². The minimum atomic E-state index is -4.38. The second-order valence-corrected chi connectivity index (χ2v) is 8.77. The predicted molar refractivity (Wildman–Crippen MR) is 96.2 cm³/mol. The molecule has 0 radical (unpaired) electrons. The molecular weight excluding hydrogens is 375 g/mol. The Bertz CT molecular complexity index is 906. The van der Waals surface area contributed by atoms with Crippen LogP contribution in [0, 0.1) is 11.2 Å². The van der Waals surface area contributed by atoms with Crippen molar-refractivity contribution in [2.24, 2.45) is 11.1 Å². The minimum Gasteiger partial charge on any atom is -0.457 e. The fraction of sp³-hybridized carbons (Fsp3) is 0.278. The van der Waals surface area contributed by atoms with Crippen molar-refractivity contribution in [2.75, 3.05) is 0 Å². The van der Waals surface area contributed by atoms with Crippen LogP contribution in [0.15, 0.2) is 53.4 Å². The quantitative estimate of drug-likeness (QED) is 0.730. The molecule has 0 aliphatic heterocycles. The van der Waals surface area contributed by atoms with Crippen molar-refractivity contribution in [3.63, 3.8) is 0 Å². The molecule has 2 rings (SSSR count). The molecule has 1 amide bonds. The van der Waals surface area contributed by atoms with Gasteiger partial charge in [0.1, 0.15) is 23.4 Å². The molecular formula is C18H21FN2O5S. The van der Waals surface area contributed by atoms with E-state index in [9.17, 15) is 22.8 Å². The molecule has 0 heterocycles. The number of nitrogens with two attached hydrogens (primary N) is 1. The lowest BCUT2D eigenvalue weighted by molar-refractivity contribution is -0.138. The molecule has 0 saturated heterocycles. The zero-order valence-electron chi connectivity index (χ0n) is 15.1. The third-order valence-electron chi connectivity index (χ3n) is 3.73. The summed E-state index contributed by atoms with van der Waals surface area (Å²) in [5.41, 5.74) is 4.35. The van der Waals surface area contributed by atoms with Crippen LogP contribution in [0.3, 0.4) is 0 Å². The van der Waals surface area contributed by atoms with Crippen molar-refractivity contribution in [1.82, 2.24) is 4.47 Å². The van der Waals surface area contributed by atoms with Crippen molar-refractivity contribution in [3.05, 3.63) is 54.3 Å². The zero-order valence-corrected chi connectivity index (χ0v) is 15.9. The third kappa shape index (κ3) is 4.82. The second-order valence-electron chi connectivity index (χ2n) is 6.98. The molecule has 0 aromatic heterocycles. The number of primary amides is 1. The van der Waals surface area contributed by atoms with E-state index >= 15 is 0 Å². The molecule has 146 valence electrons. The number of halogens is 1. The summed E-state index contributed by atoms with van der Waals surface area (Å²) in [4.78, 5) is 11.4. The number of hydrogen-bond acceptors (Lipinski definition) is 5. The molecule has 0 aliphatic carbocycles. The molecule has 7 nitrogen and oxygen atoms in total. The summed E-state index contributed by atoms with van der Waals surface area (Å²) in [5.74, 6) is -0.691. The molecule has 0 fully saturated rings. The van der Waals surface area contributed by atoms with Crippen LogP contribution in [0.4, 0.5) is 4.39 Å². The van der Waals surface area contributed by atoms with Crippen molar-refractivity contribution < 1.29 is 27.5 Å². The Balaban J connectivity index is 2.26. The number of amides is 1. The highest BCUT2D eigenvalue weighted by Gasteiger charge is 2.41. The van der Waals surface area contributed by atoms with E-state index in [1.165, 1.54) is 48.5 Å². The Labute approximate surface area is 157 Å². The van der Waals surface area contributed by atoms with Gasteiger partial charge in [0.25, 0.3) is 10.0 Å². The number of sulfonamides is 1. The standard InChI is InChI=1S/C18H21FN2O5S/c1-18(2,3)16(17(20)22)21(23)27(24,25)15-10-8-14(9-11-15)26-13-6-4-12(19)5-7-13/h4-11,16,23H,1-3H3,(H2,20,22)/t16-/m1/s1. The highest BCUT2D eigenvalue weighted by molar-refractivity contribution is 7.89. The van der Waals surface area contributed by atoms with Gasteiger partial charge in [0.05, 0.1) is 4.90 Å². The van der Waals surface area contributed by atoms with Crippen LogP contribution >= 0.6 is 0 Å². The summed E-state index contributed by atoms with van der Waals surface area (Å²) in [5, 5.41) is 10.2. The van der Waals surface area contributed by atoms with Crippen LogP contribution in [0.2, 0.25) is 0 Å². The van der Waals surface area contributed by atoms with Crippen molar-refractivity contribution in [1.29, 1.82) is 0 Å². The van der Waals surface area contributed by atoms with E-state index < -0.39 is 33.2 Å². The number of carbonyl (C=O) groups excluding carboxylic acids is 1. The van der Waals surface area contributed by atoms with Gasteiger partial charge in [-0.05, 0) is 53.9 Å². The van der Waals surface area contributed by atoms with Crippen LogP contribution < -0.4 is 10.5 Å². The molecule has 0 spiro atoms. The average molecular weight is 396 g/mol. The number of ether oxygens (including phenoxy) is 1. The Hall–Kier alpha value is -2.49. The topological polar surface area (TPSA) is 110 Å². The first-order valence-corrected chi connectivity index (χ1v) is 9.43. The fourth-order valence-corrected chi connectivity index (χ4v) is 3.83. The predicted octanol–water partition coefficient (Wildman–Crippen LogP) is 2.90. The number of nitrogens with zero attached hydrogens (tertiary/aromatic N) is 1. The Morgan fingerprint density at radius 2 is 1.52 bits per heavy atom. The minimum absolute atomic E-state index is 0.00876. The molecule has 0 aliphatic rings. The highest BCUT2D eigenvalue weighted by atomic mass is 32.2. The maximum atomic E-state index is 12.9. The summed E-state index contributed by atoms with van der Waals surface area (Å²) in [7, 11) is -4.38. The first-order valence-electron chi connectivity index (χ1n) is 7.99. The van der Waals surface area contributed by atoms with E-state index in [0.717, 1.165) is 0 Å². The number of hydroxylamine groups is 1. The van der Waals surface area contributed by atoms with Crippen molar-refractivity contribution in [2.45, 2.75) is 31.7 Å². The fourth-order valence-electron chi connectivity index (χ4n) is 2.43. The maximum Gasteiger partial charge on any atom is 0.265 e. The number of rotatable bonds is 6. The van der Waals surface area contributed by atoms with E-state index in [2.05, 4.69) is 0 Å². The van der Waals surface area contributed by atoms with Gasteiger partial charge in [-0.1, -0.05) is 25.2 Å². The monoisotopic (exact) mass is 396 g/mol. The van der Waals surface area contributed by atoms with Gasteiger partial charge in [-0.3, -0.25) is 10.0 Å². The molecule has 9 heteroatoms. The first-order chi connectivity index (χ1) is 12.4. The highest BCUT2D eigenvalue weighted by Crippen LogP contribution is 2.29. The third-order valence-corrected chi connectivity index (χ3v) is 5.30. The van der Waals surface area contributed by atoms with Crippen LogP contribution in [0.1, 0.15) is 20.8 Å². The van der Waals surface area contributed by atoms with Gasteiger partial charge in [-0.2, -0.15) is 0 Å². The van der Waals surface area contributed by atoms with Crippen LogP contribution in [0.25, 0.3) is 0 Å². The molecule has 0 unspecified atom stereocenters. The van der Waals surface area contributed by atoms with E-state index in [1.807, 2.05) is 0 Å². The molecule has 27 heavy (non-hydrogen) atoms. The number of benzene rings is 2. The SMILES string of the molecule is CC(C)(C)[C@@H](C(N)=O)N(O)S(=O)(=O)c1ccc(Oc2ccc(F)cc2)cc1. The molecule has 0 bridgehead atoms. The van der Waals surface area contributed by atoms with Crippen LogP contribution in [0.5, 0.6) is 11.5 Å². The smallest absolute Gasteiger partial charge is 0.265 e. The Morgan fingerprint density at radius 1 is 1.07 bits per heavy atom. The van der Waals surface area contributed by atoms with Crippen molar-refractivity contribution >= 4 is 15.9 Å². The first kappa shape index (κ1) is 20.8. The normalized spacial score (nSPS) is 13.4. The lowest BCUT2D eigenvalue weighted by atomic mass is 9.87. The summed E-state index contributed by atoms with van der Waals surface area (Å²) in [6.45, 7) is 4.75. The molecule has 1 atom stereocenters. The average Bonchev–Trinajstić information content (AvgIpc) is 2.56. The lowest BCUT2D eigenvalue weighted by Gasteiger charge is -2.32. The van der Waals surface area contributed by atoms with Gasteiger partial charge in [-0.25, -0.2) is 12.8 Å². The maximum absolute atomic E-state index is 12.9. The molecule has 0 saturated carbocycles. The van der Waals surface area contributed by atoms with Gasteiger partial charge < -0.3 is 10.5 Å². The van der Waals surface area contributed by atoms with E-state index in [1.54, 1.807) is 20.8 Å².